The van der Waals surface area contributed by atoms with Crippen molar-refractivity contribution in [3.63, 3.8) is 0 Å². The number of sulfonamides is 1. The fourth-order valence-corrected chi connectivity index (χ4v) is 5.60. The highest BCUT2D eigenvalue weighted by Crippen LogP contribution is 2.30. The van der Waals surface area contributed by atoms with Gasteiger partial charge in [-0.1, -0.05) is 0 Å². The fraction of sp³-hybridized carbons (Fsp3) is 0.462. The molecule has 1 saturated heterocycles. The quantitative estimate of drug-likeness (QED) is 0.275. The van der Waals surface area contributed by atoms with Crippen LogP contribution >= 0.6 is 0 Å². The van der Waals surface area contributed by atoms with E-state index in [0.29, 0.717) is 46.5 Å². The molecule has 2 aliphatic rings. The Morgan fingerprint density at radius 2 is 1.85 bits per heavy atom. The van der Waals surface area contributed by atoms with E-state index in [9.17, 15) is 13.2 Å². The number of anilines is 2. The lowest BCUT2D eigenvalue weighted by Gasteiger charge is -2.34. The molecule has 6 rings (SSSR count). The number of nitrogens with zero attached hydrogens (tertiary/aromatic N) is 6. The maximum absolute atomic E-state index is 13.5. The van der Waals surface area contributed by atoms with Crippen LogP contribution in [0.25, 0.3) is 11.2 Å². The Kier molecular flexibility index (Phi) is 6.84. The molecule has 4 aromatic heterocycles. The molecule has 13 nitrogen and oxygen atoms in total. The third kappa shape index (κ3) is 5.60. The third-order valence-corrected chi connectivity index (χ3v) is 7.94. The summed E-state index contributed by atoms with van der Waals surface area (Å²) < 4.78 is 34.4. The lowest BCUT2D eigenvalue weighted by molar-refractivity contribution is 0.101. The number of hydrogen-bond acceptors (Lipinski definition) is 9. The number of piperidine rings is 1. The molecular formula is C26H33N9O4S. The van der Waals surface area contributed by atoms with Crippen LogP contribution in [0.4, 0.5) is 11.5 Å². The largest absolute Gasteiger partial charge is 0.480 e. The van der Waals surface area contributed by atoms with E-state index in [4.69, 9.17) is 4.74 Å². The molecule has 1 aliphatic heterocycles. The van der Waals surface area contributed by atoms with E-state index >= 15 is 0 Å². The molecule has 0 radical (unpaired) electrons. The minimum atomic E-state index is -3.41. The number of aryl methyl sites for hydroxylation is 1. The maximum atomic E-state index is 13.5. The van der Waals surface area contributed by atoms with E-state index in [1.807, 2.05) is 12.1 Å². The second kappa shape index (κ2) is 10.3. The summed E-state index contributed by atoms with van der Waals surface area (Å²) in [7, 11) is -1.86. The molecule has 0 unspecified atom stereocenters. The highest BCUT2D eigenvalue weighted by atomic mass is 32.2. The number of nitrogens with one attached hydrogen (secondary N) is 3. The fourth-order valence-electron chi connectivity index (χ4n) is 5.21. The number of hydrogen-bond donors (Lipinski definition) is 3. The van der Waals surface area contributed by atoms with Gasteiger partial charge in [0, 0.05) is 37.4 Å². The van der Waals surface area contributed by atoms with Crippen molar-refractivity contribution in [2.45, 2.75) is 51.2 Å². The number of carbonyl (C=O) groups is 1. The number of amides is 1. The Labute approximate surface area is 232 Å². The molecule has 40 heavy (non-hydrogen) atoms. The van der Waals surface area contributed by atoms with Gasteiger partial charge in [-0.05, 0) is 44.7 Å². The Bertz CT molecular complexity index is 1690. The van der Waals surface area contributed by atoms with Crippen molar-refractivity contribution in [3.8, 4) is 5.88 Å². The Morgan fingerprint density at radius 1 is 1.10 bits per heavy atom. The van der Waals surface area contributed by atoms with Gasteiger partial charge in [-0.3, -0.25) is 9.78 Å². The van der Waals surface area contributed by atoms with Crippen LogP contribution in [0.1, 0.15) is 47.6 Å². The molecule has 0 atom stereocenters. The van der Waals surface area contributed by atoms with Crippen molar-refractivity contribution in [1.29, 1.82) is 0 Å². The van der Waals surface area contributed by atoms with Crippen molar-refractivity contribution < 1.29 is 17.9 Å². The zero-order chi connectivity index (χ0) is 28.0. The molecule has 1 amide bonds. The van der Waals surface area contributed by atoms with Gasteiger partial charge in [-0.25, -0.2) is 22.6 Å². The standard InChI is InChI=1S/C26H33N9O4S/c1-16-14-34-15-23(30-25(34)19(28-16)13-27-40(3,37)38)31-26(36)21-7-6-20(22-12-24(39-2)32-35(21)22)33-10-8-18(9-11-33)29-17-4-5-17/h6-7,12,14-15,17-18,27,29H,4-5,8-11,13H2,1-3H3,(H,31,36). The number of methoxy groups -OCH3 is 1. The third-order valence-electron chi connectivity index (χ3n) is 7.27. The molecule has 3 N–H and O–H groups in total. The molecule has 4 aromatic rings. The highest BCUT2D eigenvalue weighted by molar-refractivity contribution is 7.88. The van der Waals surface area contributed by atoms with Crippen LogP contribution < -0.4 is 25.0 Å². The van der Waals surface area contributed by atoms with Gasteiger partial charge in [0.2, 0.25) is 15.9 Å². The van der Waals surface area contributed by atoms with Crippen LogP contribution in [0.15, 0.2) is 30.6 Å². The van der Waals surface area contributed by atoms with E-state index < -0.39 is 15.9 Å². The number of rotatable bonds is 9. The van der Waals surface area contributed by atoms with Crippen molar-refractivity contribution in [2.24, 2.45) is 0 Å². The van der Waals surface area contributed by atoms with Gasteiger partial charge < -0.3 is 24.7 Å². The summed E-state index contributed by atoms with van der Waals surface area (Å²) in [5.74, 6) is 0.335. The van der Waals surface area contributed by atoms with Gasteiger partial charge in [-0.15, -0.1) is 5.10 Å². The lowest BCUT2D eigenvalue weighted by atomic mass is 10.0. The van der Waals surface area contributed by atoms with Crippen LogP contribution in [-0.2, 0) is 16.6 Å². The van der Waals surface area contributed by atoms with E-state index in [2.05, 4.69) is 35.3 Å². The minimum Gasteiger partial charge on any atom is -0.480 e. The zero-order valence-corrected chi connectivity index (χ0v) is 23.5. The molecular weight excluding hydrogens is 534 g/mol. The van der Waals surface area contributed by atoms with Gasteiger partial charge in [0.1, 0.15) is 5.69 Å². The molecule has 0 spiro atoms. The summed E-state index contributed by atoms with van der Waals surface area (Å²) in [5, 5.41) is 11.1. The number of aromatic nitrogens is 5. The summed E-state index contributed by atoms with van der Waals surface area (Å²) in [6.45, 7) is 3.63. The smallest absolute Gasteiger partial charge is 0.275 e. The van der Waals surface area contributed by atoms with Crippen LogP contribution in [0.5, 0.6) is 5.88 Å². The van der Waals surface area contributed by atoms with Crippen LogP contribution in [0.2, 0.25) is 0 Å². The first-order valence-electron chi connectivity index (χ1n) is 13.4. The average Bonchev–Trinajstić information content (AvgIpc) is 3.46. The Balaban J connectivity index is 1.25. The Hall–Kier alpha value is -3.75. The molecule has 14 heteroatoms. The number of fused-ring (bicyclic) bond motifs is 2. The van der Waals surface area contributed by atoms with E-state index in [1.165, 1.54) is 12.8 Å². The van der Waals surface area contributed by atoms with Gasteiger partial charge in [0.15, 0.2) is 11.5 Å². The molecule has 0 aromatic carbocycles. The van der Waals surface area contributed by atoms with E-state index in [1.54, 1.807) is 41.4 Å². The lowest BCUT2D eigenvalue weighted by Crippen LogP contribution is -2.43. The number of pyridine rings is 1. The van der Waals surface area contributed by atoms with Crippen LogP contribution in [0, 0.1) is 6.92 Å². The van der Waals surface area contributed by atoms with Crippen molar-refractivity contribution in [1.82, 2.24) is 34.0 Å². The zero-order valence-electron chi connectivity index (χ0n) is 22.7. The number of imidazole rings is 1. The van der Waals surface area contributed by atoms with Gasteiger partial charge in [-0.2, -0.15) is 0 Å². The molecule has 212 valence electrons. The van der Waals surface area contributed by atoms with E-state index in [-0.39, 0.29) is 6.54 Å². The monoisotopic (exact) mass is 567 g/mol. The first kappa shape index (κ1) is 26.5. The predicted octanol–water partition coefficient (Wildman–Crippen LogP) is 1.72. The summed E-state index contributed by atoms with van der Waals surface area (Å²) >= 11 is 0. The summed E-state index contributed by atoms with van der Waals surface area (Å²) in [4.78, 5) is 24.7. The SMILES string of the molecule is COc1cc2c(N3CCC(NC4CC4)CC3)ccc(C(=O)Nc3cn4cc(C)nc(CNS(C)(=O)=O)c4n3)n2n1. The first-order chi connectivity index (χ1) is 19.2. The summed E-state index contributed by atoms with van der Waals surface area (Å²) in [6, 6.07) is 6.83. The molecule has 2 fully saturated rings. The van der Waals surface area contributed by atoms with Crippen molar-refractivity contribution in [2.75, 3.05) is 36.7 Å². The topological polar surface area (TPSA) is 147 Å². The van der Waals surface area contributed by atoms with Crippen molar-refractivity contribution in [3.05, 3.63) is 47.7 Å². The van der Waals surface area contributed by atoms with Gasteiger partial charge >= 0.3 is 0 Å². The van der Waals surface area contributed by atoms with Gasteiger partial charge in [0.25, 0.3) is 5.91 Å². The predicted molar refractivity (Wildman–Crippen MR) is 150 cm³/mol. The minimum absolute atomic E-state index is 0.0164. The summed E-state index contributed by atoms with van der Waals surface area (Å²) in [5.41, 5.74) is 3.71. The maximum Gasteiger partial charge on any atom is 0.275 e. The normalized spacial score (nSPS) is 16.6. The van der Waals surface area contributed by atoms with Crippen LogP contribution in [-0.4, -0.2) is 76.8 Å². The van der Waals surface area contributed by atoms with Crippen molar-refractivity contribution >= 4 is 38.6 Å². The average molecular weight is 568 g/mol. The second-order valence-corrected chi connectivity index (χ2v) is 12.4. The second-order valence-electron chi connectivity index (χ2n) is 10.5. The highest BCUT2D eigenvalue weighted by Gasteiger charge is 2.28. The van der Waals surface area contributed by atoms with Gasteiger partial charge in [0.05, 0.1) is 48.7 Å². The molecule has 1 saturated carbocycles. The molecule has 5 heterocycles. The molecule has 0 bridgehead atoms. The van der Waals surface area contributed by atoms with E-state index in [0.717, 1.165) is 43.4 Å². The number of ether oxygens (including phenoxy) is 1. The van der Waals surface area contributed by atoms with Crippen LogP contribution in [0.3, 0.4) is 0 Å². The first-order valence-corrected chi connectivity index (χ1v) is 15.2. The molecule has 1 aliphatic carbocycles. The Morgan fingerprint density at radius 3 is 2.55 bits per heavy atom. The number of carbonyl (C=O) groups excluding carboxylic acids is 1. The summed E-state index contributed by atoms with van der Waals surface area (Å²) in [6.07, 6.45) is 9.22.